The van der Waals surface area contributed by atoms with Gasteiger partial charge >= 0.3 is 0 Å². The highest BCUT2D eigenvalue weighted by molar-refractivity contribution is 6.21. The van der Waals surface area contributed by atoms with Crippen molar-refractivity contribution in [2.24, 2.45) is 5.92 Å². The molecule has 1 unspecified atom stereocenters. The molecular weight excluding hydrogens is 446 g/mol. The van der Waals surface area contributed by atoms with E-state index in [4.69, 9.17) is 0 Å². The van der Waals surface area contributed by atoms with Crippen LogP contribution in [0.3, 0.4) is 0 Å². The van der Waals surface area contributed by atoms with E-state index in [1.54, 1.807) is 0 Å². The van der Waals surface area contributed by atoms with Gasteiger partial charge in [0.2, 0.25) is 11.2 Å². The monoisotopic (exact) mass is 470 g/mol. The lowest BCUT2D eigenvalue weighted by Gasteiger charge is -2.23. The molecular formula is C36H24N+. The van der Waals surface area contributed by atoms with Gasteiger partial charge in [-0.2, -0.15) is 4.57 Å². The zero-order chi connectivity index (χ0) is 24.3. The molecule has 4 aromatic rings. The van der Waals surface area contributed by atoms with Gasteiger partial charge in [0, 0.05) is 34.6 Å². The quantitative estimate of drug-likeness (QED) is 0.268. The summed E-state index contributed by atoms with van der Waals surface area (Å²) in [5, 5.41) is 1.23. The molecule has 172 valence electrons. The summed E-state index contributed by atoms with van der Waals surface area (Å²) in [6.45, 7) is 0. The summed E-state index contributed by atoms with van der Waals surface area (Å²) in [6, 6.07) is 35.0. The van der Waals surface area contributed by atoms with E-state index in [1.807, 2.05) is 0 Å². The van der Waals surface area contributed by atoms with Crippen LogP contribution in [-0.4, -0.2) is 0 Å². The van der Waals surface area contributed by atoms with E-state index in [2.05, 4.69) is 144 Å². The summed E-state index contributed by atoms with van der Waals surface area (Å²) < 4.78 is 2.41. The smallest absolute Gasteiger partial charge is 0.159 e. The van der Waals surface area contributed by atoms with Crippen LogP contribution in [0.15, 0.2) is 168 Å². The first-order chi connectivity index (χ1) is 18.4. The molecule has 1 aromatic heterocycles. The minimum Gasteiger partial charge on any atom is -0.159 e. The van der Waals surface area contributed by atoms with E-state index in [9.17, 15) is 0 Å². The van der Waals surface area contributed by atoms with Gasteiger partial charge in [-0.25, -0.2) is 0 Å². The molecule has 0 saturated carbocycles. The van der Waals surface area contributed by atoms with Gasteiger partial charge in [0.15, 0.2) is 6.20 Å². The van der Waals surface area contributed by atoms with E-state index in [1.165, 1.54) is 66.7 Å². The molecule has 0 amide bonds. The average Bonchev–Trinajstić information content (AvgIpc) is 3.48. The van der Waals surface area contributed by atoms with E-state index in [0.29, 0.717) is 5.92 Å². The average molecular weight is 471 g/mol. The van der Waals surface area contributed by atoms with Crippen LogP contribution in [0.4, 0.5) is 0 Å². The predicted molar refractivity (Wildman–Crippen MR) is 152 cm³/mol. The van der Waals surface area contributed by atoms with Crippen LogP contribution in [0.2, 0.25) is 0 Å². The van der Waals surface area contributed by atoms with Gasteiger partial charge in [-0.1, -0.05) is 109 Å². The molecule has 8 rings (SSSR count). The van der Waals surface area contributed by atoms with Crippen molar-refractivity contribution in [2.75, 3.05) is 0 Å². The largest absolute Gasteiger partial charge is 0.228 e. The third kappa shape index (κ3) is 2.89. The number of fused-ring (bicyclic) bond motifs is 3. The molecule has 4 aliphatic rings. The van der Waals surface area contributed by atoms with Crippen molar-refractivity contribution in [1.82, 2.24) is 0 Å². The van der Waals surface area contributed by atoms with Crippen molar-refractivity contribution in [1.29, 1.82) is 0 Å². The summed E-state index contributed by atoms with van der Waals surface area (Å²) in [5.74, 6) is 0.302. The Kier molecular flexibility index (Phi) is 4.35. The second-order valence-electron chi connectivity index (χ2n) is 9.91. The normalized spacial score (nSPS) is 19.4. The zero-order valence-electron chi connectivity index (χ0n) is 20.3. The van der Waals surface area contributed by atoms with Crippen LogP contribution in [0.1, 0.15) is 11.1 Å². The standard InChI is InChI=1S/C36H24N/c1-3-13-26(14-4-1)32-34-28-20-9-17-25-18-10-21-29(31(25)28)35(34)33(27-15-5-2-6-16-27)36(32)37-23-11-19-24-12-7-8-22-30(24)37/h1-23,31H/q+1. The molecule has 0 fully saturated rings. The van der Waals surface area contributed by atoms with E-state index in [-0.39, 0.29) is 0 Å². The first kappa shape index (κ1) is 20.4. The maximum Gasteiger partial charge on any atom is 0.228 e. The van der Waals surface area contributed by atoms with Crippen LogP contribution in [0.25, 0.3) is 27.7 Å². The van der Waals surface area contributed by atoms with Crippen LogP contribution < -0.4 is 4.57 Å². The Morgan fingerprint density at radius 2 is 1.22 bits per heavy atom. The fraction of sp³-hybridized carbons (Fsp3) is 0.0278. The SMILES string of the molecule is C1=CC2=CC=CC3=C4C(=C(c5ccccc5)C([n+]5cccc6ccccc65)=C4c4ccccc4)C(=C1)C23. The zero-order valence-corrected chi connectivity index (χ0v) is 20.3. The molecule has 0 radical (unpaired) electrons. The molecule has 1 nitrogen and oxygen atoms in total. The number of pyridine rings is 1. The summed E-state index contributed by atoms with van der Waals surface area (Å²) >= 11 is 0. The predicted octanol–water partition coefficient (Wildman–Crippen LogP) is 7.88. The summed E-state index contributed by atoms with van der Waals surface area (Å²) in [4.78, 5) is 0. The van der Waals surface area contributed by atoms with Gasteiger partial charge in [0.05, 0.1) is 11.1 Å². The molecule has 0 spiro atoms. The minimum absolute atomic E-state index is 0.302. The highest BCUT2D eigenvalue weighted by Gasteiger charge is 2.47. The second kappa shape index (κ2) is 7.88. The highest BCUT2D eigenvalue weighted by Crippen LogP contribution is 2.60. The lowest BCUT2D eigenvalue weighted by molar-refractivity contribution is -0.547. The van der Waals surface area contributed by atoms with Gasteiger partial charge in [-0.05, 0) is 40.0 Å². The lowest BCUT2D eigenvalue weighted by atomic mass is 9.80. The molecule has 1 atom stereocenters. The first-order valence-electron chi connectivity index (χ1n) is 12.9. The Bertz CT molecular complexity index is 1830. The fourth-order valence-corrected chi connectivity index (χ4v) is 6.51. The number of nitrogens with zero attached hydrogens (tertiary/aromatic N) is 1. The van der Waals surface area contributed by atoms with Gasteiger partial charge < -0.3 is 0 Å². The Morgan fingerprint density at radius 1 is 0.541 bits per heavy atom. The van der Waals surface area contributed by atoms with Crippen LogP contribution in [0.5, 0.6) is 0 Å². The number of rotatable bonds is 3. The van der Waals surface area contributed by atoms with E-state index >= 15 is 0 Å². The molecule has 3 aromatic carbocycles. The number of hydrogen-bond acceptors (Lipinski definition) is 0. The summed E-state index contributed by atoms with van der Waals surface area (Å²) in [5.41, 5.74) is 14.5. The Morgan fingerprint density at radius 3 is 2.03 bits per heavy atom. The molecule has 1 heterocycles. The van der Waals surface area contributed by atoms with Gasteiger partial charge in [-0.3, -0.25) is 0 Å². The van der Waals surface area contributed by atoms with E-state index in [0.717, 1.165) is 0 Å². The maximum atomic E-state index is 2.41. The number of benzene rings is 3. The summed E-state index contributed by atoms with van der Waals surface area (Å²) in [7, 11) is 0. The molecule has 4 aliphatic carbocycles. The van der Waals surface area contributed by atoms with Crippen LogP contribution in [-0.2, 0) is 0 Å². The Labute approximate surface area is 216 Å². The van der Waals surface area contributed by atoms with Gasteiger partial charge in [0.25, 0.3) is 0 Å². The van der Waals surface area contributed by atoms with Crippen LogP contribution >= 0.6 is 0 Å². The Balaban J connectivity index is 1.57. The van der Waals surface area contributed by atoms with Crippen molar-refractivity contribution in [2.45, 2.75) is 0 Å². The molecule has 0 saturated heterocycles. The fourth-order valence-electron chi connectivity index (χ4n) is 6.51. The maximum absolute atomic E-state index is 2.41. The Hall–Kier alpha value is -4.75. The third-order valence-corrected chi connectivity index (χ3v) is 7.96. The number of allylic oxidation sites excluding steroid dienone is 14. The summed E-state index contributed by atoms with van der Waals surface area (Å²) in [6.07, 6.45) is 15.9. The number of aromatic nitrogens is 1. The molecule has 1 heteroatoms. The van der Waals surface area contributed by atoms with Crippen molar-refractivity contribution < 1.29 is 4.57 Å². The first-order valence-corrected chi connectivity index (χ1v) is 12.9. The van der Waals surface area contributed by atoms with Gasteiger partial charge in [0.1, 0.15) is 0 Å². The third-order valence-electron chi connectivity index (χ3n) is 7.96. The van der Waals surface area contributed by atoms with Crippen molar-refractivity contribution >= 4 is 27.7 Å². The topological polar surface area (TPSA) is 3.88 Å². The highest BCUT2D eigenvalue weighted by atomic mass is 15.0. The van der Waals surface area contributed by atoms with Crippen molar-refractivity contribution in [3.63, 3.8) is 0 Å². The van der Waals surface area contributed by atoms with Crippen molar-refractivity contribution in [3.05, 3.63) is 179 Å². The molecule has 0 aliphatic heterocycles. The molecule has 37 heavy (non-hydrogen) atoms. The van der Waals surface area contributed by atoms with E-state index < -0.39 is 0 Å². The van der Waals surface area contributed by atoms with Crippen molar-refractivity contribution in [3.8, 4) is 0 Å². The van der Waals surface area contributed by atoms with Gasteiger partial charge in [-0.15, -0.1) is 0 Å². The second-order valence-corrected chi connectivity index (χ2v) is 9.91. The van der Waals surface area contributed by atoms with Crippen LogP contribution in [0, 0.1) is 5.92 Å². The minimum atomic E-state index is 0.302. The lowest BCUT2D eigenvalue weighted by Crippen LogP contribution is -2.33. The number of hydrogen-bond donors (Lipinski definition) is 0. The molecule has 0 N–H and O–H groups in total. The molecule has 0 bridgehead atoms. The number of para-hydroxylation sites is 1.